The van der Waals surface area contributed by atoms with E-state index in [-0.39, 0.29) is 11.5 Å². The first kappa shape index (κ1) is 12.6. The van der Waals surface area contributed by atoms with Crippen molar-refractivity contribution in [3.8, 4) is 5.75 Å². The maximum absolute atomic E-state index is 12.5. The Labute approximate surface area is 125 Å². The number of furan rings is 1. The van der Waals surface area contributed by atoms with Gasteiger partial charge in [0, 0.05) is 24.0 Å². The molecule has 1 aromatic carbocycles. The third-order valence-corrected chi connectivity index (χ3v) is 3.42. The summed E-state index contributed by atoms with van der Waals surface area (Å²) >= 11 is 0. The molecule has 0 bridgehead atoms. The highest BCUT2D eigenvalue weighted by atomic mass is 16.5. The lowest BCUT2D eigenvalue weighted by atomic mass is 10.2. The van der Waals surface area contributed by atoms with Crippen LogP contribution >= 0.6 is 0 Å². The summed E-state index contributed by atoms with van der Waals surface area (Å²) in [5, 5.41) is 0.810. The van der Waals surface area contributed by atoms with Crippen LogP contribution in [0, 0.1) is 0 Å². The van der Waals surface area contributed by atoms with E-state index in [4.69, 9.17) is 9.15 Å². The molecular formula is C16H11N3O3. The van der Waals surface area contributed by atoms with Crippen molar-refractivity contribution in [1.29, 1.82) is 0 Å². The summed E-state index contributed by atoms with van der Waals surface area (Å²) < 4.78 is 12.5. The summed E-state index contributed by atoms with van der Waals surface area (Å²) in [6.45, 7) is 0. The van der Waals surface area contributed by atoms with E-state index in [1.54, 1.807) is 54.4 Å². The van der Waals surface area contributed by atoms with Gasteiger partial charge in [0.2, 0.25) is 11.6 Å². The maximum atomic E-state index is 12.5. The lowest BCUT2D eigenvalue weighted by Gasteiger charge is -1.96. The van der Waals surface area contributed by atoms with Crippen molar-refractivity contribution in [2.75, 3.05) is 7.11 Å². The lowest BCUT2D eigenvalue weighted by Crippen LogP contribution is -1.99. The molecule has 0 aliphatic heterocycles. The van der Waals surface area contributed by atoms with Crippen LogP contribution in [0.5, 0.6) is 5.75 Å². The first-order chi connectivity index (χ1) is 10.7. The third-order valence-electron chi connectivity index (χ3n) is 3.42. The second-order valence-corrected chi connectivity index (χ2v) is 4.80. The fourth-order valence-electron chi connectivity index (χ4n) is 2.33. The average Bonchev–Trinajstić information content (AvgIpc) is 3.16. The minimum Gasteiger partial charge on any atom is -0.497 e. The number of hydrogen-bond donors (Lipinski definition) is 0. The van der Waals surface area contributed by atoms with Crippen LogP contribution in [0.25, 0.3) is 16.7 Å². The van der Waals surface area contributed by atoms with Gasteiger partial charge in [0.15, 0.2) is 5.76 Å². The van der Waals surface area contributed by atoms with Gasteiger partial charge in [-0.1, -0.05) is 0 Å². The van der Waals surface area contributed by atoms with E-state index in [0.717, 1.165) is 5.39 Å². The van der Waals surface area contributed by atoms with Crippen LogP contribution in [-0.2, 0) is 0 Å². The number of nitrogens with zero attached hydrogens (tertiary/aromatic N) is 3. The van der Waals surface area contributed by atoms with Gasteiger partial charge in [-0.05, 0) is 30.3 Å². The normalized spacial score (nSPS) is 11.1. The van der Waals surface area contributed by atoms with Crippen molar-refractivity contribution in [1.82, 2.24) is 14.4 Å². The zero-order valence-electron chi connectivity index (χ0n) is 11.7. The Kier molecular flexibility index (Phi) is 2.69. The SMILES string of the molecule is COc1ccc2oc(C(=O)c3cn4cccnc4n3)cc2c1. The van der Waals surface area contributed by atoms with Crippen LogP contribution < -0.4 is 4.74 Å². The number of imidazole rings is 1. The molecule has 0 amide bonds. The molecule has 0 N–H and O–H groups in total. The van der Waals surface area contributed by atoms with E-state index in [2.05, 4.69) is 9.97 Å². The molecular weight excluding hydrogens is 282 g/mol. The summed E-state index contributed by atoms with van der Waals surface area (Å²) in [4.78, 5) is 20.8. The molecule has 0 fully saturated rings. The number of ketones is 1. The molecule has 0 aliphatic rings. The van der Waals surface area contributed by atoms with Crippen LogP contribution in [-0.4, -0.2) is 27.3 Å². The van der Waals surface area contributed by atoms with Gasteiger partial charge in [-0.15, -0.1) is 0 Å². The molecule has 0 aliphatic carbocycles. The number of ether oxygens (including phenoxy) is 1. The lowest BCUT2D eigenvalue weighted by molar-refractivity contribution is 0.101. The van der Waals surface area contributed by atoms with E-state index in [1.165, 1.54) is 0 Å². The minimum atomic E-state index is -0.277. The number of carbonyl (C=O) groups excluding carboxylic acids is 1. The van der Waals surface area contributed by atoms with Gasteiger partial charge in [0.1, 0.15) is 17.0 Å². The number of carbonyl (C=O) groups is 1. The number of hydrogen-bond acceptors (Lipinski definition) is 5. The molecule has 108 valence electrons. The number of fused-ring (bicyclic) bond motifs is 2. The van der Waals surface area contributed by atoms with Gasteiger partial charge in [0.05, 0.1) is 7.11 Å². The second-order valence-electron chi connectivity index (χ2n) is 4.80. The second kappa shape index (κ2) is 4.70. The number of methoxy groups -OCH3 is 1. The van der Waals surface area contributed by atoms with Crippen LogP contribution in [0.2, 0.25) is 0 Å². The Morgan fingerprint density at radius 2 is 2.23 bits per heavy atom. The van der Waals surface area contributed by atoms with Crippen LogP contribution in [0.1, 0.15) is 16.2 Å². The van der Waals surface area contributed by atoms with Crippen LogP contribution in [0.3, 0.4) is 0 Å². The number of rotatable bonds is 3. The molecule has 0 saturated heterocycles. The van der Waals surface area contributed by atoms with Gasteiger partial charge in [-0.3, -0.25) is 9.20 Å². The molecule has 6 nitrogen and oxygen atoms in total. The predicted molar refractivity (Wildman–Crippen MR) is 79.2 cm³/mol. The summed E-state index contributed by atoms with van der Waals surface area (Å²) in [7, 11) is 1.59. The van der Waals surface area contributed by atoms with Gasteiger partial charge < -0.3 is 9.15 Å². The molecule has 4 rings (SSSR count). The van der Waals surface area contributed by atoms with Crippen molar-refractivity contribution < 1.29 is 13.9 Å². The van der Waals surface area contributed by atoms with Crippen molar-refractivity contribution >= 4 is 22.5 Å². The van der Waals surface area contributed by atoms with Crippen LogP contribution in [0.15, 0.2) is 53.3 Å². The summed E-state index contributed by atoms with van der Waals surface area (Å²) in [5.74, 6) is 1.15. The highest BCUT2D eigenvalue weighted by Gasteiger charge is 2.18. The average molecular weight is 293 g/mol. The Hall–Kier alpha value is -3.15. The van der Waals surface area contributed by atoms with E-state index in [0.29, 0.717) is 22.8 Å². The molecule has 0 radical (unpaired) electrons. The molecule has 3 aromatic heterocycles. The van der Waals surface area contributed by atoms with Gasteiger partial charge in [-0.2, -0.15) is 0 Å². The summed E-state index contributed by atoms with van der Waals surface area (Å²) in [5.41, 5.74) is 0.927. The highest BCUT2D eigenvalue weighted by molar-refractivity contribution is 6.08. The van der Waals surface area contributed by atoms with E-state index < -0.39 is 0 Å². The Morgan fingerprint density at radius 3 is 3.05 bits per heavy atom. The van der Waals surface area contributed by atoms with Crippen molar-refractivity contribution in [2.45, 2.75) is 0 Å². The maximum Gasteiger partial charge on any atom is 0.248 e. The first-order valence-electron chi connectivity index (χ1n) is 6.66. The Balaban J connectivity index is 1.78. The fraction of sp³-hybridized carbons (Fsp3) is 0.0625. The highest BCUT2D eigenvalue weighted by Crippen LogP contribution is 2.25. The molecule has 0 unspecified atom stereocenters. The molecule has 0 atom stereocenters. The minimum absolute atomic E-state index is 0.242. The van der Waals surface area contributed by atoms with E-state index in [1.807, 2.05) is 6.07 Å². The van der Waals surface area contributed by atoms with Crippen molar-refractivity contribution in [3.05, 3.63) is 60.4 Å². The predicted octanol–water partition coefficient (Wildman–Crippen LogP) is 2.72. The molecule has 0 saturated carbocycles. The molecule has 4 aromatic rings. The van der Waals surface area contributed by atoms with Crippen molar-refractivity contribution in [2.24, 2.45) is 0 Å². The standard InChI is InChI=1S/C16H11N3O3/c1-21-11-3-4-13-10(7-11)8-14(22-13)15(20)12-9-19-6-2-5-17-16(19)18-12/h2-9H,1H3. The fourth-order valence-corrected chi connectivity index (χ4v) is 2.33. The Morgan fingerprint density at radius 1 is 1.32 bits per heavy atom. The number of aromatic nitrogens is 3. The molecule has 22 heavy (non-hydrogen) atoms. The topological polar surface area (TPSA) is 69.6 Å². The zero-order valence-corrected chi connectivity index (χ0v) is 11.7. The summed E-state index contributed by atoms with van der Waals surface area (Å²) in [6, 6.07) is 8.85. The molecule has 6 heteroatoms. The quantitative estimate of drug-likeness (QED) is 0.543. The van der Waals surface area contributed by atoms with Crippen molar-refractivity contribution in [3.63, 3.8) is 0 Å². The zero-order chi connectivity index (χ0) is 15.1. The largest absolute Gasteiger partial charge is 0.497 e. The monoisotopic (exact) mass is 293 g/mol. The van der Waals surface area contributed by atoms with E-state index in [9.17, 15) is 4.79 Å². The molecule has 3 heterocycles. The van der Waals surface area contributed by atoms with Crippen LogP contribution in [0.4, 0.5) is 0 Å². The van der Waals surface area contributed by atoms with Gasteiger partial charge in [0.25, 0.3) is 0 Å². The molecule has 0 spiro atoms. The number of benzene rings is 1. The smallest absolute Gasteiger partial charge is 0.248 e. The van der Waals surface area contributed by atoms with E-state index >= 15 is 0 Å². The first-order valence-corrected chi connectivity index (χ1v) is 6.66. The Bertz CT molecular complexity index is 967. The van der Waals surface area contributed by atoms with Gasteiger partial charge >= 0.3 is 0 Å². The van der Waals surface area contributed by atoms with Gasteiger partial charge in [-0.25, -0.2) is 9.97 Å². The third kappa shape index (κ3) is 1.93. The summed E-state index contributed by atoms with van der Waals surface area (Å²) in [6.07, 6.45) is 5.05.